The van der Waals surface area contributed by atoms with Gasteiger partial charge in [0.05, 0.1) is 49.7 Å². The predicted octanol–water partition coefficient (Wildman–Crippen LogP) is -8.04. The second-order valence-electron chi connectivity index (χ2n) is 13.7. The summed E-state index contributed by atoms with van der Waals surface area (Å²) in [7, 11) is 0. The molecule has 0 bridgehead atoms. The van der Waals surface area contributed by atoms with E-state index in [-0.39, 0.29) is 6.29 Å². The molecule has 26 nitrogen and oxygen atoms in total. The number of carboxylic acid groups (broad SMARTS) is 3. The maximum absolute atomic E-state index is 12.9. The first-order chi connectivity index (χ1) is 26.4. The van der Waals surface area contributed by atoms with Crippen LogP contribution in [0.15, 0.2) is 0 Å². The minimum atomic E-state index is -3.30. The number of hydrogen-bond donors (Lipinski definition) is 14. The van der Waals surface area contributed by atoms with Crippen LogP contribution in [-0.2, 0) is 57.2 Å². The molecule has 26 heteroatoms. The van der Waals surface area contributed by atoms with Crippen molar-refractivity contribution in [2.24, 2.45) is 0 Å². The summed E-state index contributed by atoms with van der Waals surface area (Å²) in [5, 5.41) is 123. The van der Waals surface area contributed by atoms with Gasteiger partial charge in [0, 0.05) is 40.0 Å². The smallest absolute Gasteiger partial charge is 0.364 e. The number of hydrogen-bond acceptors (Lipinski definition) is 20. The molecular weight excluding hydrogens is 782 g/mol. The van der Waals surface area contributed by atoms with Crippen molar-refractivity contribution >= 4 is 41.9 Å². The fourth-order valence-corrected chi connectivity index (χ4v) is 6.82. The molecular formula is C31H47N3O23. The maximum atomic E-state index is 12.9. The van der Waals surface area contributed by atoms with Crippen molar-refractivity contribution < 1.29 is 113 Å². The summed E-state index contributed by atoms with van der Waals surface area (Å²) >= 11 is 0. The second-order valence-corrected chi connectivity index (χ2v) is 13.7. The predicted molar refractivity (Wildman–Crippen MR) is 175 cm³/mol. The van der Waals surface area contributed by atoms with Gasteiger partial charge in [-0.3, -0.25) is 14.4 Å². The molecule has 0 aromatic rings. The number of aliphatic carboxylic acids is 3. The Morgan fingerprint density at radius 2 is 1.02 bits per heavy atom. The Balaban J connectivity index is 2.05. The number of nitrogens with one attached hydrogen (secondary N) is 3. The number of aldehydes is 1. The molecule has 0 spiro atoms. The van der Waals surface area contributed by atoms with E-state index in [9.17, 15) is 89.7 Å². The van der Waals surface area contributed by atoms with Gasteiger partial charge < -0.3 is 101 Å². The highest BCUT2D eigenvalue weighted by Crippen LogP contribution is 2.39. The summed E-state index contributed by atoms with van der Waals surface area (Å²) in [5.41, 5.74) is 0. The van der Waals surface area contributed by atoms with E-state index in [0.29, 0.717) is 0 Å². The van der Waals surface area contributed by atoms with E-state index in [1.165, 1.54) is 0 Å². The van der Waals surface area contributed by atoms with Crippen molar-refractivity contribution in [3.8, 4) is 0 Å². The fraction of sp³-hybridized carbons (Fsp3) is 0.774. The second kappa shape index (κ2) is 18.7. The lowest BCUT2D eigenvalue weighted by molar-refractivity contribution is -0.351. The van der Waals surface area contributed by atoms with Crippen molar-refractivity contribution in [1.29, 1.82) is 0 Å². The zero-order valence-electron chi connectivity index (χ0n) is 30.4. The Morgan fingerprint density at radius 3 is 1.39 bits per heavy atom. The number of aliphatic hydroxyl groups excluding tert-OH is 7. The van der Waals surface area contributed by atoms with Crippen molar-refractivity contribution in [1.82, 2.24) is 16.0 Å². The quantitative estimate of drug-likeness (QED) is 0.0605. The molecule has 5 unspecified atom stereocenters. The van der Waals surface area contributed by atoms with Crippen LogP contribution in [0.5, 0.6) is 0 Å². The van der Waals surface area contributed by atoms with Crippen LogP contribution >= 0.6 is 0 Å². The number of amides is 3. The number of rotatable bonds is 17. The lowest BCUT2D eigenvalue weighted by Crippen LogP contribution is -2.71. The van der Waals surface area contributed by atoms with Gasteiger partial charge in [-0.15, -0.1) is 0 Å². The Morgan fingerprint density at radius 1 is 0.649 bits per heavy atom. The molecule has 3 fully saturated rings. The third-order valence-corrected chi connectivity index (χ3v) is 9.44. The molecule has 3 aliphatic rings. The highest BCUT2D eigenvalue weighted by Gasteiger charge is 2.61. The van der Waals surface area contributed by atoms with Crippen LogP contribution in [0.3, 0.4) is 0 Å². The Hall–Kier alpha value is -4.03. The van der Waals surface area contributed by atoms with Gasteiger partial charge in [-0.05, 0) is 0 Å². The molecule has 3 rings (SSSR count). The molecule has 0 aromatic carbocycles. The highest BCUT2D eigenvalue weighted by atomic mass is 16.8. The molecule has 57 heavy (non-hydrogen) atoms. The van der Waals surface area contributed by atoms with E-state index in [1.807, 2.05) is 0 Å². The average molecular weight is 830 g/mol. The van der Waals surface area contributed by atoms with Gasteiger partial charge in [-0.2, -0.15) is 0 Å². The summed E-state index contributed by atoms with van der Waals surface area (Å²) in [6, 6.07) is -5.07. The zero-order valence-corrected chi connectivity index (χ0v) is 30.4. The van der Waals surface area contributed by atoms with E-state index in [1.54, 1.807) is 0 Å². The minimum Gasteiger partial charge on any atom is -0.477 e. The van der Waals surface area contributed by atoms with Crippen LogP contribution in [0.1, 0.15) is 40.0 Å². The molecule has 3 heterocycles. The molecule has 0 aliphatic carbocycles. The summed E-state index contributed by atoms with van der Waals surface area (Å²) in [6.07, 6.45) is -25.2. The lowest BCUT2D eigenvalue weighted by Gasteiger charge is -2.50. The van der Waals surface area contributed by atoms with Crippen molar-refractivity contribution in [3.63, 3.8) is 0 Å². The first-order valence-corrected chi connectivity index (χ1v) is 17.1. The monoisotopic (exact) mass is 829 g/mol. The zero-order chi connectivity index (χ0) is 43.4. The van der Waals surface area contributed by atoms with Gasteiger partial charge in [-0.1, -0.05) is 0 Å². The van der Waals surface area contributed by atoms with E-state index < -0.39 is 165 Å². The van der Waals surface area contributed by atoms with Crippen LogP contribution in [0, 0.1) is 0 Å². The fourth-order valence-electron chi connectivity index (χ4n) is 6.82. The van der Waals surface area contributed by atoms with Crippen molar-refractivity contribution in [2.75, 3.05) is 13.2 Å². The summed E-state index contributed by atoms with van der Waals surface area (Å²) < 4.78 is 27.0. The molecule has 0 aromatic heterocycles. The van der Waals surface area contributed by atoms with Crippen molar-refractivity contribution in [3.05, 3.63) is 0 Å². The third kappa shape index (κ3) is 10.4. The summed E-state index contributed by atoms with van der Waals surface area (Å²) in [6.45, 7) is 0.124. The van der Waals surface area contributed by atoms with Gasteiger partial charge in [0.1, 0.15) is 42.7 Å². The first-order valence-electron chi connectivity index (χ1n) is 17.1. The largest absolute Gasteiger partial charge is 0.477 e. The molecule has 0 radical (unpaired) electrons. The van der Waals surface area contributed by atoms with Crippen LogP contribution in [0.4, 0.5) is 0 Å². The van der Waals surface area contributed by atoms with E-state index in [4.69, 9.17) is 23.7 Å². The van der Waals surface area contributed by atoms with Gasteiger partial charge >= 0.3 is 17.9 Å². The Kier molecular flexibility index (Phi) is 15.5. The van der Waals surface area contributed by atoms with Crippen LogP contribution < -0.4 is 16.0 Å². The summed E-state index contributed by atoms with van der Waals surface area (Å²) in [5.74, 6) is -18.4. The van der Waals surface area contributed by atoms with Gasteiger partial charge in [0.2, 0.25) is 17.7 Å². The van der Waals surface area contributed by atoms with Crippen LogP contribution in [0.2, 0.25) is 0 Å². The van der Waals surface area contributed by atoms with E-state index >= 15 is 0 Å². The number of carbonyl (C=O) groups is 7. The first kappa shape index (κ1) is 47.3. The van der Waals surface area contributed by atoms with Crippen LogP contribution in [0.25, 0.3) is 0 Å². The Bertz CT molecular complexity index is 1520. The molecule has 16 atom stereocenters. The van der Waals surface area contributed by atoms with Crippen LogP contribution in [-0.4, -0.2) is 208 Å². The number of aliphatic hydroxyl groups is 8. The normalized spacial score (nSPS) is 37.7. The average Bonchev–Trinajstić information content (AvgIpc) is 3.11. The topological polar surface area (TPSA) is 424 Å². The van der Waals surface area contributed by atoms with Gasteiger partial charge in [0.25, 0.3) is 17.4 Å². The number of ether oxygens (including phenoxy) is 5. The summed E-state index contributed by atoms with van der Waals surface area (Å²) in [4.78, 5) is 84.9. The van der Waals surface area contributed by atoms with Gasteiger partial charge in [-0.25, -0.2) is 14.4 Å². The molecule has 0 saturated carbocycles. The highest BCUT2D eigenvalue weighted by molar-refractivity contribution is 5.79. The number of carbonyl (C=O) groups excluding carboxylic acids is 4. The SMILES string of the molecule is CC(=O)N[C@H]1C(C=O)O[C@@](OC(CO)[C@@H](O)C2O[C@@](OC(CO)[C@@H](O)C3O[C@@](O)(C(=O)O)C[C@@H](O)[C@H]3NC(C)=O)(C(=O)O)C[C@@H](O)[C@H]2NC(C)=O)(C(=O)O)C[C@H]1O. The molecule has 3 saturated heterocycles. The lowest BCUT2D eigenvalue weighted by atomic mass is 9.87. The minimum absolute atomic E-state index is 0.0199. The van der Waals surface area contributed by atoms with Crippen molar-refractivity contribution in [2.45, 2.75) is 137 Å². The third-order valence-electron chi connectivity index (χ3n) is 9.44. The molecule has 14 N–H and O–H groups in total. The Labute approximate surface area is 321 Å². The molecule has 3 amide bonds. The van der Waals surface area contributed by atoms with E-state index in [2.05, 4.69) is 16.0 Å². The maximum Gasteiger partial charge on any atom is 0.364 e. The molecule has 3 aliphatic heterocycles. The molecule has 324 valence electrons. The van der Waals surface area contributed by atoms with Gasteiger partial charge in [0.15, 0.2) is 6.29 Å². The van der Waals surface area contributed by atoms with E-state index in [0.717, 1.165) is 20.8 Å². The standard InChI is InChI=1S/C31H47N3O23/c1-10(38)32-19-14(42)5-30(27(48)49,53-16(19)7-35)54-18(9-37)23(45)25-21(34-12(3)40)15(43)6-31(57-25,28(50)51)55-17(8-36)22(44)24-20(33-11(2)39)13(41)4-29(52,56-24)26(46)47/h7,13-25,36-37,41-45,52H,4-6,8-9H2,1-3H3,(H,32,38)(H,33,39)(H,34,40)(H,46,47)(H,48,49)(H,50,51)/t13-,14-,15-,16?,17?,18?,19-,20-,21-,22-,23-,24?,25?,29-,30+,31-/m1/s1. The number of carboxylic acids is 3.